The van der Waals surface area contributed by atoms with Gasteiger partial charge in [0.2, 0.25) is 11.9 Å². The minimum atomic E-state index is -4.85. The number of azo groups is 2. The summed E-state index contributed by atoms with van der Waals surface area (Å²) in [5, 5.41) is 31.8. The van der Waals surface area contributed by atoms with E-state index in [4.69, 9.17) is 0 Å². The van der Waals surface area contributed by atoms with E-state index >= 15 is 0 Å². The Morgan fingerprint density at radius 1 is 0.574 bits per heavy atom. The van der Waals surface area contributed by atoms with Crippen LogP contribution in [-0.2, 0) is 41.4 Å². The Hall–Kier alpha value is -5.67. The highest BCUT2D eigenvalue weighted by molar-refractivity contribution is 7.86. The van der Waals surface area contributed by atoms with Crippen LogP contribution in [0.4, 0.5) is 46.0 Å². The zero-order chi connectivity index (χ0) is 39.6. The standard InChI is InChI=1S/C29H25N9O12S4/c1-15-7-17(3-5-25(15)37-35-19-9-21(51(40)41)13-22(10-19)52(42,43)44)30-27-32-28(34-29(39)33-27)31-18-4-6-26(16(2)8-18)38-36-20-11-23(53(45,46)47)14-24(12-20)54(48,49)50/h3-14H,1-2H3,(H,40,41)(H,42,43,44)(H,45,46,47)(H,48,49,50)(H3,30,31,32,33,34,39). The van der Waals surface area contributed by atoms with Crippen molar-refractivity contribution in [3.8, 4) is 6.01 Å². The molecule has 21 nitrogen and oxygen atoms in total. The molecule has 7 N–H and O–H groups in total. The number of hydrogen-bond donors (Lipinski definition) is 7. The van der Waals surface area contributed by atoms with E-state index in [1.807, 2.05) is 0 Å². The fourth-order valence-electron chi connectivity index (χ4n) is 4.43. The fourth-order valence-corrected chi connectivity index (χ4v) is 6.66. The molecular formula is C29H25N9O12S4. The van der Waals surface area contributed by atoms with Gasteiger partial charge in [0.15, 0.2) is 11.1 Å². The molecule has 0 spiro atoms. The Labute approximate surface area is 308 Å². The number of nitrogens with one attached hydrogen (secondary N) is 2. The van der Waals surface area contributed by atoms with Crippen LogP contribution in [0.3, 0.4) is 0 Å². The van der Waals surface area contributed by atoms with Crippen molar-refractivity contribution in [2.75, 3.05) is 10.6 Å². The normalized spacial score (nSPS) is 13.0. The summed E-state index contributed by atoms with van der Waals surface area (Å²) in [7, 11) is -14.4. The van der Waals surface area contributed by atoms with Crippen molar-refractivity contribution in [2.45, 2.75) is 33.4 Å². The summed E-state index contributed by atoms with van der Waals surface area (Å²) >= 11 is -2.56. The van der Waals surface area contributed by atoms with Crippen molar-refractivity contribution in [3.63, 3.8) is 0 Å². The van der Waals surface area contributed by atoms with Crippen molar-refractivity contribution in [1.29, 1.82) is 0 Å². The maximum absolute atomic E-state index is 11.6. The number of aryl methyl sites for hydroxylation is 2. The van der Waals surface area contributed by atoms with Gasteiger partial charge in [0.25, 0.3) is 30.4 Å². The third-order valence-corrected chi connectivity index (χ3v) is 10.0. The largest absolute Gasteiger partial charge is 0.479 e. The van der Waals surface area contributed by atoms with Gasteiger partial charge in [-0.1, -0.05) is 0 Å². The topological polar surface area (TPSA) is 333 Å². The summed E-state index contributed by atoms with van der Waals surface area (Å²) in [5.41, 5.74) is 2.15. The molecule has 0 aliphatic carbocycles. The van der Waals surface area contributed by atoms with Crippen LogP contribution in [0.15, 0.2) is 113 Å². The maximum Gasteiger partial charge on any atom is 0.320 e. The smallest absolute Gasteiger partial charge is 0.320 e. The number of rotatable bonds is 12. The van der Waals surface area contributed by atoms with E-state index in [0.29, 0.717) is 34.3 Å². The Kier molecular flexibility index (Phi) is 11.2. The molecule has 0 fully saturated rings. The van der Waals surface area contributed by atoms with E-state index in [0.717, 1.165) is 30.3 Å². The van der Waals surface area contributed by atoms with Crippen LogP contribution in [0.1, 0.15) is 11.1 Å². The van der Waals surface area contributed by atoms with E-state index in [2.05, 4.69) is 46.0 Å². The van der Waals surface area contributed by atoms with Crippen LogP contribution < -0.4 is 10.6 Å². The fraction of sp³-hybridized carbons (Fsp3) is 0.0690. The molecule has 5 aromatic rings. The Morgan fingerprint density at radius 2 is 0.981 bits per heavy atom. The minimum absolute atomic E-state index is 0.0659. The molecule has 1 unspecified atom stereocenters. The molecule has 0 saturated heterocycles. The molecule has 0 saturated carbocycles. The molecule has 1 atom stereocenters. The number of aromatic hydroxyl groups is 1. The second-order valence-corrected chi connectivity index (χ2v) is 16.2. The van der Waals surface area contributed by atoms with Crippen LogP contribution in [-0.4, -0.2) is 67.7 Å². The van der Waals surface area contributed by atoms with Crippen LogP contribution in [0, 0.1) is 13.8 Å². The average molecular weight is 820 g/mol. The third-order valence-electron chi connectivity index (χ3n) is 6.90. The van der Waals surface area contributed by atoms with Crippen molar-refractivity contribution in [2.24, 2.45) is 20.5 Å². The van der Waals surface area contributed by atoms with E-state index < -0.39 is 62.1 Å². The highest BCUT2D eigenvalue weighted by atomic mass is 32.2. The van der Waals surface area contributed by atoms with Crippen LogP contribution in [0.2, 0.25) is 0 Å². The highest BCUT2D eigenvalue weighted by Crippen LogP contribution is 2.31. The van der Waals surface area contributed by atoms with E-state index in [-0.39, 0.29) is 33.9 Å². The van der Waals surface area contributed by atoms with Gasteiger partial charge in [-0.05, 0) is 97.8 Å². The lowest BCUT2D eigenvalue weighted by atomic mass is 10.2. The van der Waals surface area contributed by atoms with Gasteiger partial charge in [-0.3, -0.25) is 13.7 Å². The quantitative estimate of drug-likeness (QED) is 0.0442. The van der Waals surface area contributed by atoms with Gasteiger partial charge in [-0.15, -0.1) is 0 Å². The first kappa shape index (κ1) is 39.5. The van der Waals surface area contributed by atoms with Crippen molar-refractivity contribution in [1.82, 2.24) is 15.0 Å². The molecule has 25 heteroatoms. The number of hydrogen-bond acceptors (Lipinski definition) is 17. The highest BCUT2D eigenvalue weighted by Gasteiger charge is 2.19. The van der Waals surface area contributed by atoms with Gasteiger partial charge in [-0.25, -0.2) is 4.21 Å². The average Bonchev–Trinajstić information content (AvgIpc) is 3.06. The summed E-state index contributed by atoms with van der Waals surface area (Å²) in [6.45, 7) is 3.32. The third kappa shape index (κ3) is 10.3. The van der Waals surface area contributed by atoms with Crippen LogP contribution in [0.5, 0.6) is 6.01 Å². The second kappa shape index (κ2) is 15.4. The predicted octanol–water partition coefficient (Wildman–Crippen LogP) is 5.83. The number of anilines is 4. The molecule has 0 radical (unpaired) electrons. The van der Waals surface area contributed by atoms with Crippen molar-refractivity contribution in [3.05, 3.63) is 83.9 Å². The van der Waals surface area contributed by atoms with Gasteiger partial charge in [0, 0.05) is 11.4 Å². The zero-order valence-electron chi connectivity index (χ0n) is 27.3. The minimum Gasteiger partial charge on any atom is -0.479 e. The zero-order valence-corrected chi connectivity index (χ0v) is 30.6. The van der Waals surface area contributed by atoms with Gasteiger partial charge in [0.1, 0.15) is 0 Å². The van der Waals surface area contributed by atoms with E-state index in [9.17, 15) is 52.8 Å². The molecule has 5 rings (SSSR count). The lowest BCUT2D eigenvalue weighted by Gasteiger charge is -2.10. The first-order chi connectivity index (χ1) is 25.1. The number of aromatic nitrogens is 3. The first-order valence-corrected chi connectivity index (χ1v) is 19.9. The summed E-state index contributed by atoms with van der Waals surface area (Å²) in [4.78, 5) is 9.38. The van der Waals surface area contributed by atoms with Crippen molar-refractivity contribution >= 4 is 87.5 Å². The van der Waals surface area contributed by atoms with Gasteiger partial charge >= 0.3 is 6.01 Å². The Morgan fingerprint density at radius 3 is 1.37 bits per heavy atom. The van der Waals surface area contributed by atoms with Crippen molar-refractivity contribution < 1.29 is 52.8 Å². The lowest BCUT2D eigenvalue weighted by molar-refractivity contribution is 0.430. The maximum atomic E-state index is 11.6. The summed E-state index contributed by atoms with van der Waals surface area (Å²) in [6, 6.07) is 13.9. The Balaban J connectivity index is 1.31. The molecule has 4 aromatic carbocycles. The molecule has 282 valence electrons. The number of benzene rings is 4. The molecule has 0 aliphatic rings. The summed E-state index contributed by atoms with van der Waals surface area (Å²) in [6.07, 6.45) is 0. The van der Waals surface area contributed by atoms with Crippen LogP contribution >= 0.6 is 0 Å². The molecular weight excluding hydrogens is 795 g/mol. The summed E-state index contributed by atoms with van der Waals surface area (Å²) < 4.78 is 118. The molecule has 1 aromatic heterocycles. The van der Waals surface area contributed by atoms with Gasteiger partial charge in [0.05, 0.1) is 42.3 Å². The number of nitrogens with zero attached hydrogens (tertiary/aromatic N) is 7. The molecule has 0 amide bonds. The monoisotopic (exact) mass is 819 g/mol. The lowest BCUT2D eigenvalue weighted by Crippen LogP contribution is -2.03. The summed E-state index contributed by atoms with van der Waals surface area (Å²) in [5.74, 6) is -0.139. The van der Waals surface area contributed by atoms with E-state index in [1.165, 1.54) is 12.1 Å². The molecule has 54 heavy (non-hydrogen) atoms. The first-order valence-electron chi connectivity index (χ1n) is 14.5. The Bertz CT molecular complexity index is 2680. The second-order valence-electron chi connectivity index (χ2n) is 10.9. The van der Waals surface area contributed by atoms with Gasteiger partial charge in [-0.2, -0.15) is 60.7 Å². The van der Waals surface area contributed by atoms with Crippen LogP contribution in [0.25, 0.3) is 0 Å². The molecule has 0 bridgehead atoms. The van der Waals surface area contributed by atoms with Gasteiger partial charge < -0.3 is 20.3 Å². The SMILES string of the molecule is Cc1cc(Nc2nc(O)nc(Nc3ccc(N=Nc4cc(S(=O)(=O)O)cc(S(=O)(=O)O)c4)c(C)c3)n2)ccc1N=Nc1cc(S(=O)O)cc(S(=O)(=O)O)c1. The van der Waals surface area contributed by atoms with E-state index in [1.54, 1.807) is 38.1 Å². The molecule has 0 aliphatic heterocycles. The predicted molar refractivity (Wildman–Crippen MR) is 190 cm³/mol. The molecule has 1 heterocycles.